The van der Waals surface area contributed by atoms with E-state index in [0.717, 1.165) is 18.5 Å². The van der Waals surface area contributed by atoms with Gasteiger partial charge in [-0.15, -0.1) is 0 Å². The van der Waals surface area contributed by atoms with E-state index in [4.69, 9.17) is 0 Å². The number of aliphatic hydroxyl groups is 1. The van der Waals surface area contributed by atoms with Crippen LogP contribution in [0.1, 0.15) is 56.4 Å². The van der Waals surface area contributed by atoms with Crippen molar-refractivity contribution in [3.05, 3.63) is 71.3 Å². The van der Waals surface area contributed by atoms with E-state index in [1.165, 1.54) is 11.1 Å². The van der Waals surface area contributed by atoms with E-state index in [0.29, 0.717) is 11.8 Å². The van der Waals surface area contributed by atoms with Crippen molar-refractivity contribution in [1.29, 1.82) is 0 Å². The van der Waals surface area contributed by atoms with Crippen molar-refractivity contribution in [3.8, 4) is 0 Å². The molecule has 0 aliphatic carbocycles. The van der Waals surface area contributed by atoms with Crippen molar-refractivity contribution in [2.45, 2.75) is 52.2 Å². The van der Waals surface area contributed by atoms with Crippen molar-refractivity contribution >= 4 is 0 Å². The lowest BCUT2D eigenvalue weighted by atomic mass is 9.96. The van der Waals surface area contributed by atoms with Crippen molar-refractivity contribution in [1.82, 2.24) is 5.32 Å². The van der Waals surface area contributed by atoms with Gasteiger partial charge in [-0.1, -0.05) is 75.4 Å². The number of hydrogen-bond donors (Lipinski definition) is 2. The van der Waals surface area contributed by atoms with Crippen molar-refractivity contribution in [2.75, 3.05) is 6.54 Å². The van der Waals surface area contributed by atoms with Crippen molar-refractivity contribution in [3.63, 3.8) is 0 Å². The normalized spacial score (nSPS) is 15.2. The van der Waals surface area contributed by atoms with Crippen LogP contribution in [0, 0.1) is 5.92 Å². The van der Waals surface area contributed by atoms with Gasteiger partial charge in [0.2, 0.25) is 0 Å². The summed E-state index contributed by atoms with van der Waals surface area (Å²) < 4.78 is 0. The van der Waals surface area contributed by atoms with Crippen LogP contribution in [0.25, 0.3) is 0 Å². The average Bonchev–Trinajstić information content (AvgIpc) is 2.60. The summed E-state index contributed by atoms with van der Waals surface area (Å²) in [5, 5.41) is 13.9. The Kier molecular flexibility index (Phi) is 7.01. The fraction of sp³-hybridized carbons (Fsp3) is 0.455. The second kappa shape index (κ2) is 9.00. The highest BCUT2D eigenvalue weighted by atomic mass is 16.3. The topological polar surface area (TPSA) is 32.3 Å². The first-order valence-corrected chi connectivity index (χ1v) is 9.02. The SMILES string of the molecule is CC(CNC(C)C(O)c1ccccc1)Cc1ccc(C(C)C)cc1. The average molecular weight is 325 g/mol. The Labute approximate surface area is 146 Å². The zero-order valence-electron chi connectivity index (χ0n) is 15.4. The number of nitrogens with one attached hydrogen (secondary N) is 1. The van der Waals surface area contributed by atoms with Crippen LogP contribution in [0.4, 0.5) is 0 Å². The molecule has 130 valence electrons. The maximum absolute atomic E-state index is 10.4. The third-order valence-electron chi connectivity index (χ3n) is 4.63. The first kappa shape index (κ1) is 18.7. The fourth-order valence-electron chi connectivity index (χ4n) is 2.95. The van der Waals surface area contributed by atoms with Crippen LogP contribution >= 0.6 is 0 Å². The molecule has 0 spiro atoms. The van der Waals surface area contributed by atoms with Crippen LogP contribution in [-0.4, -0.2) is 17.7 Å². The van der Waals surface area contributed by atoms with Gasteiger partial charge in [-0.2, -0.15) is 0 Å². The summed E-state index contributed by atoms with van der Waals surface area (Å²) in [5.74, 6) is 1.11. The molecule has 0 fully saturated rings. The van der Waals surface area contributed by atoms with Crippen LogP contribution < -0.4 is 5.32 Å². The smallest absolute Gasteiger partial charge is 0.0940 e. The first-order valence-electron chi connectivity index (χ1n) is 9.02. The van der Waals surface area contributed by atoms with E-state index < -0.39 is 6.10 Å². The zero-order chi connectivity index (χ0) is 17.5. The Morgan fingerprint density at radius 2 is 1.46 bits per heavy atom. The summed E-state index contributed by atoms with van der Waals surface area (Å²) in [4.78, 5) is 0. The molecule has 2 heteroatoms. The van der Waals surface area contributed by atoms with E-state index >= 15 is 0 Å². The number of rotatable bonds is 8. The largest absolute Gasteiger partial charge is 0.387 e. The maximum atomic E-state index is 10.4. The molecule has 2 aromatic carbocycles. The molecule has 0 aromatic heterocycles. The van der Waals surface area contributed by atoms with E-state index in [1.54, 1.807) is 0 Å². The van der Waals surface area contributed by atoms with Crippen LogP contribution in [0.5, 0.6) is 0 Å². The predicted octanol–water partition coefficient (Wildman–Crippen LogP) is 4.70. The molecule has 0 amide bonds. The van der Waals surface area contributed by atoms with Gasteiger partial charge in [-0.3, -0.25) is 0 Å². The lowest BCUT2D eigenvalue weighted by Crippen LogP contribution is -2.35. The summed E-state index contributed by atoms with van der Waals surface area (Å²) >= 11 is 0. The number of aliphatic hydroxyl groups excluding tert-OH is 1. The Bertz CT molecular complexity index is 591. The van der Waals surface area contributed by atoms with Gasteiger partial charge in [0, 0.05) is 6.04 Å². The summed E-state index contributed by atoms with van der Waals surface area (Å²) in [5.41, 5.74) is 3.74. The molecule has 24 heavy (non-hydrogen) atoms. The Hall–Kier alpha value is -1.64. The first-order chi connectivity index (χ1) is 11.5. The molecular formula is C22H31NO. The van der Waals surface area contributed by atoms with Gasteiger partial charge in [0.25, 0.3) is 0 Å². The summed E-state index contributed by atoms with van der Waals surface area (Å²) in [7, 11) is 0. The van der Waals surface area contributed by atoms with Gasteiger partial charge in [0.1, 0.15) is 0 Å². The minimum absolute atomic E-state index is 0.0400. The van der Waals surface area contributed by atoms with Gasteiger partial charge in [0.15, 0.2) is 0 Å². The highest BCUT2D eigenvalue weighted by Crippen LogP contribution is 2.18. The van der Waals surface area contributed by atoms with Crippen LogP contribution in [0.3, 0.4) is 0 Å². The maximum Gasteiger partial charge on any atom is 0.0940 e. The minimum Gasteiger partial charge on any atom is -0.387 e. The van der Waals surface area contributed by atoms with Crippen LogP contribution in [0.15, 0.2) is 54.6 Å². The highest BCUT2D eigenvalue weighted by Gasteiger charge is 2.16. The summed E-state index contributed by atoms with van der Waals surface area (Å²) in [6.45, 7) is 9.64. The summed E-state index contributed by atoms with van der Waals surface area (Å²) in [6.07, 6.45) is 0.586. The van der Waals surface area contributed by atoms with E-state index in [2.05, 4.69) is 50.4 Å². The molecule has 0 saturated carbocycles. The Morgan fingerprint density at radius 1 is 0.833 bits per heavy atom. The Balaban J connectivity index is 1.81. The second-order valence-corrected chi connectivity index (χ2v) is 7.26. The molecule has 3 atom stereocenters. The van der Waals surface area contributed by atoms with Gasteiger partial charge < -0.3 is 10.4 Å². The van der Waals surface area contributed by atoms with Crippen LogP contribution in [0.2, 0.25) is 0 Å². The highest BCUT2D eigenvalue weighted by molar-refractivity contribution is 5.25. The molecule has 2 rings (SSSR count). The third-order valence-corrected chi connectivity index (χ3v) is 4.63. The molecule has 2 nitrogen and oxygen atoms in total. The quantitative estimate of drug-likeness (QED) is 0.737. The number of benzene rings is 2. The van der Waals surface area contributed by atoms with Crippen molar-refractivity contribution < 1.29 is 5.11 Å². The lowest BCUT2D eigenvalue weighted by Gasteiger charge is -2.23. The lowest BCUT2D eigenvalue weighted by molar-refractivity contribution is 0.134. The molecule has 2 aromatic rings. The minimum atomic E-state index is -0.469. The molecule has 0 radical (unpaired) electrons. The summed E-state index contributed by atoms with van der Waals surface area (Å²) in [6, 6.07) is 18.9. The molecule has 0 heterocycles. The van der Waals surface area contributed by atoms with E-state index in [9.17, 15) is 5.11 Å². The Morgan fingerprint density at radius 3 is 2.04 bits per heavy atom. The molecule has 0 bridgehead atoms. The van der Waals surface area contributed by atoms with Gasteiger partial charge in [0.05, 0.1) is 6.10 Å². The van der Waals surface area contributed by atoms with Crippen LogP contribution in [-0.2, 0) is 6.42 Å². The zero-order valence-corrected chi connectivity index (χ0v) is 15.4. The third kappa shape index (κ3) is 5.47. The standard InChI is InChI=1S/C22H31NO/c1-16(2)20-12-10-19(11-13-20)14-17(3)15-23-18(4)22(24)21-8-6-5-7-9-21/h5-13,16-18,22-24H,14-15H2,1-4H3. The van der Waals surface area contributed by atoms with E-state index in [-0.39, 0.29) is 6.04 Å². The molecule has 0 saturated heterocycles. The molecule has 3 unspecified atom stereocenters. The van der Waals surface area contributed by atoms with Gasteiger partial charge >= 0.3 is 0 Å². The van der Waals surface area contributed by atoms with E-state index in [1.807, 2.05) is 37.3 Å². The molecule has 2 N–H and O–H groups in total. The van der Waals surface area contributed by atoms with Gasteiger partial charge in [-0.25, -0.2) is 0 Å². The fourth-order valence-corrected chi connectivity index (χ4v) is 2.95. The molecular weight excluding hydrogens is 294 g/mol. The number of hydrogen-bond acceptors (Lipinski definition) is 2. The van der Waals surface area contributed by atoms with Gasteiger partial charge in [-0.05, 0) is 48.4 Å². The van der Waals surface area contributed by atoms with Crippen molar-refractivity contribution in [2.24, 2.45) is 5.92 Å². The molecule has 0 aliphatic rings. The predicted molar refractivity (Wildman–Crippen MR) is 102 cm³/mol. The monoisotopic (exact) mass is 325 g/mol. The second-order valence-electron chi connectivity index (χ2n) is 7.26. The molecule has 0 aliphatic heterocycles.